The summed E-state index contributed by atoms with van der Waals surface area (Å²) in [5, 5.41) is 3.82. The van der Waals surface area contributed by atoms with E-state index in [4.69, 9.17) is 0 Å². The van der Waals surface area contributed by atoms with Crippen molar-refractivity contribution in [2.45, 2.75) is 6.92 Å². The Hall–Kier alpha value is -2.76. The number of aromatic nitrogens is 3. The minimum absolute atomic E-state index is 0.0212. The molecule has 2 aromatic heterocycles. The second kappa shape index (κ2) is 4.73. The average molecular weight is 268 g/mol. The number of hydrogen-bond acceptors (Lipinski definition) is 4. The number of carbonyl (C=O) groups excluding carboxylic acids is 1. The number of amides is 1. The summed E-state index contributed by atoms with van der Waals surface area (Å²) in [6.07, 6.45) is 0. The highest BCUT2D eigenvalue weighted by Gasteiger charge is 2.11. The van der Waals surface area contributed by atoms with Crippen molar-refractivity contribution in [3.8, 4) is 0 Å². The summed E-state index contributed by atoms with van der Waals surface area (Å²) >= 11 is 0. The van der Waals surface area contributed by atoms with Crippen LogP contribution in [0, 0.1) is 0 Å². The Bertz CT molecular complexity index is 870. The molecule has 0 fully saturated rings. The van der Waals surface area contributed by atoms with Crippen LogP contribution < -0.4 is 10.9 Å². The van der Waals surface area contributed by atoms with Gasteiger partial charge in [0.05, 0.1) is 10.9 Å². The maximum absolute atomic E-state index is 12.0. The van der Waals surface area contributed by atoms with Crippen molar-refractivity contribution in [3.05, 3.63) is 46.5 Å². The second-order valence-electron chi connectivity index (χ2n) is 4.33. The summed E-state index contributed by atoms with van der Waals surface area (Å²) in [7, 11) is 0. The lowest BCUT2D eigenvalue weighted by atomic mass is 10.2. The fourth-order valence-corrected chi connectivity index (χ4v) is 2.02. The first-order chi connectivity index (χ1) is 9.69. The van der Waals surface area contributed by atoms with Gasteiger partial charge in [-0.2, -0.15) is 0 Å². The van der Waals surface area contributed by atoms with Crippen LogP contribution in [0.5, 0.6) is 0 Å². The van der Waals surface area contributed by atoms with Gasteiger partial charge in [-0.25, -0.2) is 9.97 Å². The Morgan fingerprint density at radius 3 is 2.90 bits per heavy atom. The van der Waals surface area contributed by atoms with E-state index >= 15 is 0 Å². The predicted molar refractivity (Wildman–Crippen MR) is 75.7 cm³/mol. The number of nitrogens with one attached hydrogen (secondary N) is 2. The number of para-hydroxylation sites is 1. The third-order valence-electron chi connectivity index (χ3n) is 2.95. The highest BCUT2D eigenvalue weighted by molar-refractivity contribution is 5.94. The molecule has 0 saturated carbocycles. The van der Waals surface area contributed by atoms with Gasteiger partial charge < -0.3 is 10.3 Å². The molecule has 6 nitrogen and oxygen atoms in total. The van der Waals surface area contributed by atoms with Gasteiger partial charge in [-0.3, -0.25) is 9.59 Å². The molecule has 0 bridgehead atoms. The average Bonchev–Trinajstić information content (AvgIpc) is 2.45. The summed E-state index contributed by atoms with van der Waals surface area (Å²) in [6, 6.07) is 9.17. The fraction of sp³-hybridized carbons (Fsp3) is 0.143. The molecule has 0 aliphatic carbocycles. The number of pyridine rings is 1. The van der Waals surface area contributed by atoms with E-state index in [9.17, 15) is 9.59 Å². The van der Waals surface area contributed by atoms with E-state index in [0.717, 1.165) is 10.9 Å². The van der Waals surface area contributed by atoms with Crippen molar-refractivity contribution in [3.63, 3.8) is 0 Å². The molecule has 2 heterocycles. The molecule has 100 valence electrons. The molecule has 1 aromatic carbocycles. The van der Waals surface area contributed by atoms with Crippen molar-refractivity contribution in [1.82, 2.24) is 20.3 Å². The van der Waals surface area contributed by atoms with Crippen LogP contribution in [0.2, 0.25) is 0 Å². The quantitative estimate of drug-likeness (QED) is 0.684. The zero-order valence-corrected chi connectivity index (χ0v) is 10.8. The molecule has 0 atom stereocenters. The van der Waals surface area contributed by atoms with E-state index in [1.807, 2.05) is 24.3 Å². The highest BCUT2D eigenvalue weighted by atomic mass is 16.2. The number of nitrogens with zero attached hydrogens (tertiary/aromatic N) is 2. The lowest BCUT2D eigenvalue weighted by Crippen LogP contribution is -2.27. The smallest absolute Gasteiger partial charge is 0.287 e. The van der Waals surface area contributed by atoms with Crippen LogP contribution in [0.3, 0.4) is 0 Å². The zero-order valence-electron chi connectivity index (χ0n) is 10.8. The van der Waals surface area contributed by atoms with Gasteiger partial charge in [-0.1, -0.05) is 18.2 Å². The summed E-state index contributed by atoms with van der Waals surface area (Å²) < 4.78 is 0. The topological polar surface area (TPSA) is 87.7 Å². The monoisotopic (exact) mass is 268 g/mol. The third-order valence-corrected chi connectivity index (χ3v) is 2.95. The van der Waals surface area contributed by atoms with Crippen molar-refractivity contribution in [1.29, 1.82) is 0 Å². The van der Waals surface area contributed by atoms with Crippen molar-refractivity contribution < 1.29 is 4.79 Å². The number of benzene rings is 1. The molecule has 0 saturated heterocycles. The van der Waals surface area contributed by atoms with E-state index in [1.165, 1.54) is 0 Å². The Morgan fingerprint density at radius 1 is 1.30 bits per heavy atom. The summed E-state index contributed by atoms with van der Waals surface area (Å²) in [6.45, 7) is 2.26. The van der Waals surface area contributed by atoms with Crippen molar-refractivity contribution >= 4 is 27.8 Å². The molecule has 6 heteroatoms. The standard InChI is InChI=1S/C14H12N4O2/c1-2-15-14(20)12-17-11-9(13(19)18-12)7-8-5-3-4-6-10(8)16-11/h3-7H,2H2,1H3,(H,15,20)(H,16,17,18,19). The minimum Gasteiger partial charge on any atom is -0.350 e. The van der Waals surface area contributed by atoms with Crippen LogP contribution in [0.1, 0.15) is 17.5 Å². The van der Waals surface area contributed by atoms with Crippen LogP contribution in [0.25, 0.3) is 21.9 Å². The van der Waals surface area contributed by atoms with E-state index in [0.29, 0.717) is 11.9 Å². The fourth-order valence-electron chi connectivity index (χ4n) is 2.02. The van der Waals surface area contributed by atoms with E-state index in [1.54, 1.807) is 13.0 Å². The number of fused-ring (bicyclic) bond motifs is 2. The normalized spacial score (nSPS) is 10.8. The molecule has 3 rings (SSSR count). The number of aromatic amines is 1. The number of H-pyrrole nitrogens is 1. The first-order valence-electron chi connectivity index (χ1n) is 6.27. The van der Waals surface area contributed by atoms with E-state index < -0.39 is 5.91 Å². The summed E-state index contributed by atoms with van der Waals surface area (Å²) in [4.78, 5) is 34.7. The minimum atomic E-state index is -0.415. The van der Waals surface area contributed by atoms with Gasteiger partial charge in [0.2, 0.25) is 5.82 Å². The Balaban J connectivity index is 2.27. The zero-order chi connectivity index (χ0) is 14.1. The molecule has 20 heavy (non-hydrogen) atoms. The first kappa shape index (κ1) is 12.3. The van der Waals surface area contributed by atoms with Gasteiger partial charge in [0.25, 0.3) is 11.5 Å². The highest BCUT2D eigenvalue weighted by Crippen LogP contribution is 2.15. The summed E-state index contributed by atoms with van der Waals surface area (Å²) in [5.74, 6) is -0.436. The third kappa shape index (κ3) is 2.01. The SMILES string of the molecule is CCNC(=O)c1nc2nc3ccccc3cc2c(=O)[nH]1. The van der Waals surface area contributed by atoms with Crippen LogP contribution >= 0.6 is 0 Å². The van der Waals surface area contributed by atoms with Gasteiger partial charge in [0.1, 0.15) is 0 Å². The van der Waals surface area contributed by atoms with E-state index in [-0.39, 0.29) is 17.0 Å². The molecule has 0 aliphatic heterocycles. The molecule has 1 amide bonds. The van der Waals surface area contributed by atoms with Gasteiger partial charge >= 0.3 is 0 Å². The van der Waals surface area contributed by atoms with Crippen LogP contribution in [0.4, 0.5) is 0 Å². The molecule has 0 spiro atoms. The number of carbonyl (C=O) groups is 1. The van der Waals surface area contributed by atoms with Crippen molar-refractivity contribution in [2.24, 2.45) is 0 Å². The maximum Gasteiger partial charge on any atom is 0.287 e. The Labute approximate surface area is 113 Å². The van der Waals surface area contributed by atoms with Crippen LogP contribution in [-0.4, -0.2) is 27.4 Å². The molecule has 3 aromatic rings. The predicted octanol–water partition coefficient (Wildman–Crippen LogP) is 1.22. The summed E-state index contributed by atoms with van der Waals surface area (Å²) in [5.41, 5.74) is 0.642. The van der Waals surface area contributed by atoms with Gasteiger partial charge in [0.15, 0.2) is 5.65 Å². The van der Waals surface area contributed by atoms with Gasteiger partial charge in [-0.05, 0) is 19.1 Å². The van der Waals surface area contributed by atoms with Crippen molar-refractivity contribution in [2.75, 3.05) is 6.54 Å². The number of hydrogen-bond donors (Lipinski definition) is 2. The molecular formula is C14H12N4O2. The second-order valence-corrected chi connectivity index (χ2v) is 4.33. The number of rotatable bonds is 2. The lowest BCUT2D eigenvalue weighted by Gasteiger charge is -2.04. The Morgan fingerprint density at radius 2 is 2.10 bits per heavy atom. The Kier molecular flexibility index (Phi) is 2.90. The molecule has 0 aliphatic rings. The largest absolute Gasteiger partial charge is 0.350 e. The molecule has 2 N–H and O–H groups in total. The van der Waals surface area contributed by atoms with Gasteiger partial charge in [0, 0.05) is 11.9 Å². The lowest BCUT2D eigenvalue weighted by molar-refractivity contribution is 0.0945. The van der Waals surface area contributed by atoms with E-state index in [2.05, 4.69) is 20.3 Å². The molecule has 0 unspecified atom stereocenters. The first-order valence-corrected chi connectivity index (χ1v) is 6.27. The maximum atomic E-state index is 12.0. The molecular weight excluding hydrogens is 256 g/mol. The van der Waals surface area contributed by atoms with Gasteiger partial charge in [-0.15, -0.1) is 0 Å². The molecule has 0 radical (unpaired) electrons. The van der Waals surface area contributed by atoms with Crippen LogP contribution in [0.15, 0.2) is 35.1 Å². The van der Waals surface area contributed by atoms with Crippen LogP contribution in [-0.2, 0) is 0 Å².